The van der Waals surface area contributed by atoms with Gasteiger partial charge in [-0.15, -0.1) is 0 Å². The third kappa shape index (κ3) is 5.61. The van der Waals surface area contributed by atoms with Crippen molar-refractivity contribution in [3.8, 4) is 0 Å². The number of aromatic nitrogens is 1. The van der Waals surface area contributed by atoms with Crippen LogP contribution >= 0.6 is 0 Å². The lowest BCUT2D eigenvalue weighted by atomic mass is 9.95. The van der Waals surface area contributed by atoms with Crippen LogP contribution in [0, 0.1) is 33.6 Å². The SMILES string of the molecule is CCC(C)(C)NC(=O)[C@H]1CCCN(S(=O)(=O)c2c(C)noc2/C=C/c2c(C)cc(C)cc2C)C1. The number of hydrogen-bond acceptors (Lipinski definition) is 5. The van der Waals surface area contributed by atoms with Gasteiger partial charge in [0.25, 0.3) is 0 Å². The van der Waals surface area contributed by atoms with Crippen molar-refractivity contribution in [1.82, 2.24) is 14.8 Å². The maximum atomic E-state index is 13.6. The van der Waals surface area contributed by atoms with Crippen LogP contribution in [0.25, 0.3) is 12.2 Å². The van der Waals surface area contributed by atoms with Crippen molar-refractivity contribution < 1.29 is 17.7 Å². The smallest absolute Gasteiger partial charge is 0.248 e. The lowest BCUT2D eigenvalue weighted by Gasteiger charge is -2.33. The number of carbonyl (C=O) groups excluding carboxylic acids is 1. The molecule has 1 fully saturated rings. The Morgan fingerprint density at radius 1 is 1.21 bits per heavy atom. The Hall–Kier alpha value is -2.45. The molecule has 186 valence electrons. The highest BCUT2D eigenvalue weighted by Crippen LogP contribution is 2.30. The van der Waals surface area contributed by atoms with E-state index in [9.17, 15) is 13.2 Å². The number of carbonyl (C=O) groups is 1. The molecule has 34 heavy (non-hydrogen) atoms. The van der Waals surface area contributed by atoms with Gasteiger partial charge < -0.3 is 9.84 Å². The maximum Gasteiger partial charge on any atom is 0.248 e. The first kappa shape index (κ1) is 26.2. The molecule has 1 saturated heterocycles. The van der Waals surface area contributed by atoms with Crippen molar-refractivity contribution in [3.63, 3.8) is 0 Å². The van der Waals surface area contributed by atoms with Crippen LogP contribution in [-0.4, -0.2) is 42.4 Å². The Bertz CT molecular complexity index is 1170. The van der Waals surface area contributed by atoms with E-state index in [1.54, 1.807) is 13.0 Å². The second-order valence-electron chi connectivity index (χ2n) is 10.0. The molecular weight excluding hydrogens is 450 g/mol. The summed E-state index contributed by atoms with van der Waals surface area (Å²) in [6.45, 7) is 14.2. The predicted octanol–water partition coefficient (Wildman–Crippen LogP) is 4.78. The molecule has 7 nitrogen and oxygen atoms in total. The fraction of sp³-hybridized carbons (Fsp3) is 0.538. The third-order valence-electron chi connectivity index (χ3n) is 6.67. The van der Waals surface area contributed by atoms with Crippen LogP contribution in [0.5, 0.6) is 0 Å². The van der Waals surface area contributed by atoms with E-state index in [2.05, 4.69) is 22.6 Å². The van der Waals surface area contributed by atoms with Gasteiger partial charge in [-0.05, 0) is 83.6 Å². The Labute approximate surface area is 203 Å². The summed E-state index contributed by atoms with van der Waals surface area (Å²) in [5.41, 5.74) is 4.40. The van der Waals surface area contributed by atoms with E-state index < -0.39 is 10.0 Å². The van der Waals surface area contributed by atoms with E-state index in [0.717, 1.165) is 23.1 Å². The first-order valence-corrected chi connectivity index (χ1v) is 13.3. The van der Waals surface area contributed by atoms with E-state index in [0.29, 0.717) is 25.1 Å². The van der Waals surface area contributed by atoms with E-state index >= 15 is 0 Å². The highest BCUT2D eigenvalue weighted by Gasteiger charge is 2.37. The predicted molar refractivity (Wildman–Crippen MR) is 135 cm³/mol. The molecule has 1 aromatic heterocycles. The largest absolute Gasteiger partial charge is 0.355 e. The number of amides is 1. The number of sulfonamides is 1. The molecule has 0 unspecified atom stereocenters. The van der Waals surface area contributed by atoms with E-state index in [-0.39, 0.29) is 34.6 Å². The van der Waals surface area contributed by atoms with Crippen molar-refractivity contribution >= 4 is 28.1 Å². The summed E-state index contributed by atoms with van der Waals surface area (Å²) in [7, 11) is -3.88. The van der Waals surface area contributed by atoms with Gasteiger partial charge in [-0.1, -0.05) is 35.9 Å². The van der Waals surface area contributed by atoms with Crippen LogP contribution in [0.1, 0.15) is 73.7 Å². The molecule has 1 aromatic carbocycles. The molecule has 0 spiro atoms. The first-order chi connectivity index (χ1) is 15.9. The fourth-order valence-electron chi connectivity index (χ4n) is 4.44. The van der Waals surface area contributed by atoms with E-state index in [1.807, 2.05) is 47.6 Å². The molecule has 1 aliphatic heterocycles. The molecule has 1 aliphatic rings. The van der Waals surface area contributed by atoms with Crippen LogP contribution < -0.4 is 5.32 Å². The van der Waals surface area contributed by atoms with Gasteiger partial charge in [0.05, 0.1) is 5.92 Å². The second kappa shape index (κ2) is 10.0. The molecule has 1 atom stereocenters. The lowest BCUT2D eigenvalue weighted by molar-refractivity contribution is -0.127. The minimum Gasteiger partial charge on any atom is -0.355 e. The third-order valence-corrected chi connectivity index (χ3v) is 8.69. The van der Waals surface area contributed by atoms with Crippen LogP contribution in [0.2, 0.25) is 0 Å². The number of hydrogen-bond donors (Lipinski definition) is 1. The molecule has 0 bridgehead atoms. The monoisotopic (exact) mass is 487 g/mol. The molecule has 2 aromatic rings. The number of benzene rings is 1. The zero-order valence-corrected chi connectivity index (χ0v) is 22.2. The Morgan fingerprint density at radius 3 is 2.47 bits per heavy atom. The average molecular weight is 488 g/mol. The summed E-state index contributed by atoms with van der Waals surface area (Å²) in [4.78, 5) is 12.9. The van der Waals surface area contributed by atoms with Gasteiger partial charge in [-0.25, -0.2) is 8.42 Å². The highest BCUT2D eigenvalue weighted by atomic mass is 32.2. The Balaban J connectivity index is 1.88. The fourth-order valence-corrected chi connectivity index (χ4v) is 6.21. The number of piperidine rings is 1. The van der Waals surface area contributed by atoms with Crippen LogP contribution in [0.15, 0.2) is 21.6 Å². The van der Waals surface area contributed by atoms with Gasteiger partial charge in [-0.2, -0.15) is 4.31 Å². The van der Waals surface area contributed by atoms with Crippen molar-refractivity contribution in [2.45, 2.75) is 78.2 Å². The maximum absolute atomic E-state index is 13.6. The van der Waals surface area contributed by atoms with Gasteiger partial charge in [-0.3, -0.25) is 4.79 Å². The molecular formula is C26H37N3O4S. The molecule has 3 rings (SSSR count). The summed E-state index contributed by atoms with van der Waals surface area (Å²) in [5, 5.41) is 7.01. The van der Waals surface area contributed by atoms with Crippen LogP contribution in [-0.2, 0) is 14.8 Å². The molecule has 0 radical (unpaired) electrons. The normalized spacial score (nSPS) is 17.9. The number of nitrogens with one attached hydrogen (secondary N) is 1. The average Bonchev–Trinajstić information content (AvgIpc) is 3.14. The zero-order chi connectivity index (χ0) is 25.3. The van der Waals surface area contributed by atoms with E-state index in [1.165, 1.54) is 9.87 Å². The molecule has 2 heterocycles. The summed E-state index contributed by atoms with van der Waals surface area (Å²) in [6.07, 6.45) is 5.64. The second-order valence-corrected chi connectivity index (χ2v) is 11.9. The number of aryl methyl sites for hydroxylation is 4. The Kier molecular flexibility index (Phi) is 7.72. The summed E-state index contributed by atoms with van der Waals surface area (Å²) in [6, 6.07) is 4.18. The minimum absolute atomic E-state index is 0.0705. The van der Waals surface area contributed by atoms with Gasteiger partial charge in [0.2, 0.25) is 15.9 Å². The topological polar surface area (TPSA) is 92.5 Å². The minimum atomic E-state index is -3.88. The van der Waals surface area contributed by atoms with Crippen LogP contribution in [0.3, 0.4) is 0 Å². The summed E-state index contributed by atoms with van der Waals surface area (Å²) in [5.74, 6) is -0.277. The quantitative estimate of drug-likeness (QED) is 0.606. The van der Waals surface area contributed by atoms with Crippen molar-refractivity contribution in [3.05, 3.63) is 45.8 Å². The zero-order valence-electron chi connectivity index (χ0n) is 21.4. The van der Waals surface area contributed by atoms with Crippen molar-refractivity contribution in [2.24, 2.45) is 5.92 Å². The molecule has 0 aliphatic carbocycles. The van der Waals surface area contributed by atoms with Crippen LogP contribution in [0.4, 0.5) is 0 Å². The Morgan fingerprint density at radius 2 is 1.85 bits per heavy atom. The summed E-state index contributed by atoms with van der Waals surface area (Å²) >= 11 is 0. The number of nitrogens with zero attached hydrogens (tertiary/aromatic N) is 2. The molecule has 1 N–H and O–H groups in total. The highest BCUT2D eigenvalue weighted by molar-refractivity contribution is 7.89. The summed E-state index contributed by atoms with van der Waals surface area (Å²) < 4.78 is 34.1. The van der Waals surface area contributed by atoms with Gasteiger partial charge in [0.1, 0.15) is 5.69 Å². The molecule has 8 heteroatoms. The first-order valence-electron chi connectivity index (χ1n) is 11.9. The lowest BCUT2D eigenvalue weighted by Crippen LogP contribution is -2.50. The molecule has 0 saturated carbocycles. The van der Waals surface area contributed by atoms with Gasteiger partial charge in [0, 0.05) is 18.6 Å². The molecule has 1 amide bonds. The van der Waals surface area contributed by atoms with Crippen molar-refractivity contribution in [1.29, 1.82) is 0 Å². The number of rotatable bonds is 7. The van der Waals surface area contributed by atoms with E-state index in [4.69, 9.17) is 4.52 Å². The van der Waals surface area contributed by atoms with Crippen molar-refractivity contribution in [2.75, 3.05) is 13.1 Å². The van der Waals surface area contributed by atoms with Gasteiger partial charge >= 0.3 is 0 Å². The standard InChI is InChI=1S/C26H37N3O4S/c1-8-26(6,7)27-25(30)21-10-9-13-29(16-21)34(31,32)24-20(5)28-33-23(24)12-11-22-18(3)14-17(2)15-19(22)4/h11-12,14-15,21H,8-10,13,16H2,1-7H3,(H,27,30)/b12-11+/t21-/m0/s1. The van der Waals surface area contributed by atoms with Gasteiger partial charge in [0.15, 0.2) is 10.7 Å².